The van der Waals surface area contributed by atoms with Crippen LogP contribution in [0.1, 0.15) is 68.3 Å². The van der Waals surface area contributed by atoms with Crippen LogP contribution in [0.3, 0.4) is 0 Å². The van der Waals surface area contributed by atoms with Gasteiger partial charge in [0.2, 0.25) is 5.91 Å². The van der Waals surface area contributed by atoms with Crippen LogP contribution in [0.25, 0.3) is 5.57 Å². The van der Waals surface area contributed by atoms with Crippen LogP contribution >= 0.6 is 0 Å². The molecule has 32 heavy (non-hydrogen) atoms. The summed E-state index contributed by atoms with van der Waals surface area (Å²) in [6.07, 6.45) is 1.83. The first-order valence-electron chi connectivity index (χ1n) is 10.3. The summed E-state index contributed by atoms with van der Waals surface area (Å²) in [5.74, 6) is -3.23. The van der Waals surface area contributed by atoms with Gasteiger partial charge in [-0.05, 0) is 64.7 Å². The zero-order chi connectivity index (χ0) is 24.4. The standard InChI is InChI=1S/C23H30N2O7/c1-8-13-12(3)20(27)25-18(13)16(21(28)29)17-11(2)14(9-10-15(26)31-7)19(24-17)22(30)32-23(4,5)6/h8,12,24H,9-10H2,1-7H3,(H,25,27)(H,28,29)/b13-8+,18-16-. The van der Waals surface area contributed by atoms with Gasteiger partial charge in [0.05, 0.1) is 24.4 Å². The van der Waals surface area contributed by atoms with E-state index in [4.69, 9.17) is 9.47 Å². The molecule has 1 amide bonds. The molecule has 1 atom stereocenters. The van der Waals surface area contributed by atoms with Gasteiger partial charge < -0.3 is 24.9 Å². The molecule has 1 aromatic heterocycles. The third-order valence-electron chi connectivity index (χ3n) is 5.21. The predicted octanol–water partition coefficient (Wildman–Crippen LogP) is 2.89. The number of methoxy groups -OCH3 is 1. The topological polar surface area (TPSA) is 135 Å². The summed E-state index contributed by atoms with van der Waals surface area (Å²) in [6.45, 7) is 10.2. The maximum atomic E-state index is 12.9. The molecule has 0 spiro atoms. The second-order valence-electron chi connectivity index (χ2n) is 8.57. The Morgan fingerprint density at radius 2 is 1.81 bits per heavy atom. The van der Waals surface area contributed by atoms with Crippen molar-refractivity contribution in [2.75, 3.05) is 7.11 Å². The summed E-state index contributed by atoms with van der Waals surface area (Å²) in [7, 11) is 1.27. The van der Waals surface area contributed by atoms with Crippen LogP contribution < -0.4 is 5.32 Å². The lowest BCUT2D eigenvalue weighted by Crippen LogP contribution is -2.25. The Kier molecular flexibility index (Phi) is 7.33. The van der Waals surface area contributed by atoms with Crippen molar-refractivity contribution in [3.63, 3.8) is 0 Å². The van der Waals surface area contributed by atoms with Crippen molar-refractivity contribution in [2.24, 2.45) is 5.92 Å². The molecular weight excluding hydrogens is 416 g/mol. The maximum Gasteiger partial charge on any atom is 0.355 e. The summed E-state index contributed by atoms with van der Waals surface area (Å²) < 4.78 is 10.2. The SMILES string of the molecule is C/C=C1/C(=C(/C(=O)O)c2[nH]c(C(=O)OC(C)(C)C)c(CCC(=O)OC)c2C)NC(=O)C1C. The predicted molar refractivity (Wildman–Crippen MR) is 117 cm³/mol. The number of rotatable bonds is 6. The largest absolute Gasteiger partial charge is 0.478 e. The molecule has 2 heterocycles. The first-order chi connectivity index (χ1) is 14.8. The fourth-order valence-electron chi connectivity index (χ4n) is 3.63. The van der Waals surface area contributed by atoms with Crippen LogP contribution in [0, 0.1) is 12.8 Å². The highest BCUT2D eigenvalue weighted by Gasteiger charge is 2.36. The number of allylic oxidation sites excluding steroid dienone is 2. The number of nitrogens with one attached hydrogen (secondary N) is 2. The Hall–Kier alpha value is -3.36. The molecular formula is C23H30N2O7. The van der Waals surface area contributed by atoms with Crippen molar-refractivity contribution in [3.05, 3.63) is 39.9 Å². The smallest absolute Gasteiger partial charge is 0.355 e. The minimum Gasteiger partial charge on any atom is -0.478 e. The summed E-state index contributed by atoms with van der Waals surface area (Å²) in [4.78, 5) is 52.0. The monoisotopic (exact) mass is 446 g/mol. The van der Waals surface area contributed by atoms with E-state index in [1.54, 1.807) is 47.6 Å². The third kappa shape index (κ3) is 5.09. The Bertz CT molecular complexity index is 1020. The zero-order valence-corrected chi connectivity index (χ0v) is 19.5. The summed E-state index contributed by atoms with van der Waals surface area (Å²) in [6, 6.07) is 0. The van der Waals surface area contributed by atoms with E-state index in [0.717, 1.165) is 0 Å². The number of aromatic amines is 1. The lowest BCUT2D eigenvalue weighted by atomic mass is 9.96. The molecule has 1 fully saturated rings. The molecule has 1 unspecified atom stereocenters. The van der Waals surface area contributed by atoms with Crippen LogP contribution in [0.5, 0.6) is 0 Å². The van der Waals surface area contributed by atoms with Crippen molar-refractivity contribution in [2.45, 2.75) is 60.0 Å². The fourth-order valence-corrected chi connectivity index (χ4v) is 3.63. The molecule has 2 rings (SSSR count). The molecule has 9 heteroatoms. The molecule has 174 valence electrons. The van der Waals surface area contributed by atoms with E-state index < -0.39 is 29.4 Å². The zero-order valence-electron chi connectivity index (χ0n) is 19.5. The summed E-state index contributed by atoms with van der Waals surface area (Å²) >= 11 is 0. The number of hydrogen-bond donors (Lipinski definition) is 3. The van der Waals surface area contributed by atoms with Gasteiger partial charge in [-0.25, -0.2) is 9.59 Å². The quantitative estimate of drug-likeness (QED) is 0.452. The summed E-state index contributed by atoms with van der Waals surface area (Å²) in [5, 5.41) is 12.7. The van der Waals surface area contributed by atoms with Gasteiger partial charge >= 0.3 is 17.9 Å². The van der Waals surface area contributed by atoms with Crippen LogP contribution in [-0.2, 0) is 30.3 Å². The van der Waals surface area contributed by atoms with E-state index in [1.165, 1.54) is 7.11 Å². The van der Waals surface area contributed by atoms with Gasteiger partial charge in [-0.3, -0.25) is 9.59 Å². The molecule has 3 N–H and O–H groups in total. The van der Waals surface area contributed by atoms with E-state index in [1.807, 2.05) is 0 Å². The molecule has 0 radical (unpaired) electrons. The Balaban J connectivity index is 2.72. The van der Waals surface area contributed by atoms with Gasteiger partial charge in [-0.15, -0.1) is 0 Å². The Morgan fingerprint density at radius 1 is 1.19 bits per heavy atom. The number of aliphatic carboxylic acids is 1. The van der Waals surface area contributed by atoms with E-state index in [-0.39, 0.29) is 41.4 Å². The fraction of sp³-hybridized carbons (Fsp3) is 0.478. The lowest BCUT2D eigenvalue weighted by molar-refractivity contribution is -0.140. The van der Waals surface area contributed by atoms with Gasteiger partial charge in [0.15, 0.2) is 0 Å². The number of aromatic nitrogens is 1. The first kappa shape index (κ1) is 24.9. The van der Waals surface area contributed by atoms with Crippen molar-refractivity contribution in [3.8, 4) is 0 Å². The van der Waals surface area contributed by atoms with Gasteiger partial charge in [0, 0.05) is 6.42 Å². The van der Waals surface area contributed by atoms with Crippen LogP contribution in [-0.4, -0.2) is 46.6 Å². The molecule has 0 aromatic carbocycles. The number of carbonyl (C=O) groups is 4. The van der Waals surface area contributed by atoms with E-state index in [0.29, 0.717) is 16.7 Å². The third-order valence-corrected chi connectivity index (χ3v) is 5.21. The number of carboxylic acids is 1. The molecule has 1 saturated heterocycles. The number of ether oxygens (including phenoxy) is 2. The number of amides is 1. The number of carboxylic acid groups (broad SMARTS) is 1. The molecule has 0 bridgehead atoms. The lowest BCUT2D eigenvalue weighted by Gasteiger charge is -2.19. The van der Waals surface area contributed by atoms with E-state index >= 15 is 0 Å². The van der Waals surface area contributed by atoms with Crippen LogP contribution in [0.15, 0.2) is 17.3 Å². The molecule has 0 saturated carbocycles. The minimum absolute atomic E-state index is 0.00269. The molecule has 1 aromatic rings. The van der Waals surface area contributed by atoms with Crippen molar-refractivity contribution >= 4 is 29.4 Å². The average molecular weight is 447 g/mol. The van der Waals surface area contributed by atoms with Gasteiger partial charge in [0.25, 0.3) is 0 Å². The van der Waals surface area contributed by atoms with Crippen molar-refractivity contribution in [1.29, 1.82) is 0 Å². The van der Waals surface area contributed by atoms with Gasteiger partial charge in [-0.2, -0.15) is 0 Å². The van der Waals surface area contributed by atoms with Gasteiger partial charge in [0.1, 0.15) is 16.9 Å². The number of carbonyl (C=O) groups excluding carboxylic acids is 3. The first-order valence-corrected chi connectivity index (χ1v) is 10.3. The number of hydrogen-bond acceptors (Lipinski definition) is 6. The molecule has 1 aliphatic rings. The van der Waals surface area contributed by atoms with Crippen LogP contribution in [0.2, 0.25) is 0 Å². The Morgan fingerprint density at radius 3 is 2.31 bits per heavy atom. The number of H-pyrrole nitrogens is 1. The molecule has 0 aliphatic carbocycles. The van der Waals surface area contributed by atoms with E-state index in [9.17, 15) is 24.3 Å². The Labute approximate surface area is 186 Å². The van der Waals surface area contributed by atoms with Gasteiger partial charge in [-0.1, -0.05) is 6.08 Å². The maximum absolute atomic E-state index is 12.9. The summed E-state index contributed by atoms with van der Waals surface area (Å²) in [5.41, 5.74) is 0.951. The molecule has 1 aliphatic heterocycles. The van der Waals surface area contributed by atoms with Crippen molar-refractivity contribution in [1.82, 2.24) is 10.3 Å². The highest BCUT2D eigenvalue weighted by atomic mass is 16.6. The highest BCUT2D eigenvalue weighted by Crippen LogP contribution is 2.35. The second-order valence-corrected chi connectivity index (χ2v) is 8.57. The highest BCUT2D eigenvalue weighted by molar-refractivity contribution is 6.19. The van der Waals surface area contributed by atoms with E-state index in [2.05, 4.69) is 10.3 Å². The normalized spacial score (nSPS) is 19.0. The average Bonchev–Trinajstić information content (AvgIpc) is 3.15. The molecule has 9 nitrogen and oxygen atoms in total. The van der Waals surface area contributed by atoms with Crippen molar-refractivity contribution < 1.29 is 33.8 Å². The minimum atomic E-state index is -1.27. The van der Waals surface area contributed by atoms with Crippen LogP contribution in [0.4, 0.5) is 0 Å². The number of esters is 2. The second kappa shape index (κ2) is 9.42.